The lowest BCUT2D eigenvalue weighted by Gasteiger charge is -2.22. The maximum absolute atomic E-state index is 11.5. The van der Waals surface area contributed by atoms with E-state index in [0.717, 1.165) is 5.56 Å². The maximum atomic E-state index is 11.5. The summed E-state index contributed by atoms with van der Waals surface area (Å²) in [7, 11) is 0. The summed E-state index contributed by atoms with van der Waals surface area (Å²) in [4.78, 5) is 11.5. The van der Waals surface area contributed by atoms with Crippen LogP contribution in [0.4, 0.5) is 0 Å². The van der Waals surface area contributed by atoms with Crippen LogP contribution in [0.15, 0.2) is 30.4 Å². The third-order valence-corrected chi connectivity index (χ3v) is 2.32. The largest absolute Gasteiger partial charge is 0.508 e. The molecule has 0 amide bonds. The van der Waals surface area contributed by atoms with E-state index in [2.05, 4.69) is 6.58 Å². The standard InChI is InChI=1S/C14H18O3/c1-9(2)13(16)17-12-7-6-10(15)8-11(12)14(3,4)5/h6-8,15H,1H2,2-5H3. The van der Waals surface area contributed by atoms with Crippen LogP contribution in [-0.2, 0) is 10.2 Å². The number of carbonyl (C=O) groups excluding carboxylic acids is 1. The molecule has 1 rings (SSSR count). The summed E-state index contributed by atoms with van der Waals surface area (Å²) in [6.07, 6.45) is 0. The number of benzene rings is 1. The molecule has 0 bridgehead atoms. The lowest BCUT2D eigenvalue weighted by molar-refractivity contribution is -0.130. The molecule has 0 saturated carbocycles. The van der Waals surface area contributed by atoms with Crippen LogP contribution in [0.3, 0.4) is 0 Å². The van der Waals surface area contributed by atoms with Gasteiger partial charge >= 0.3 is 5.97 Å². The van der Waals surface area contributed by atoms with Gasteiger partial charge in [-0.05, 0) is 30.5 Å². The van der Waals surface area contributed by atoms with Crippen LogP contribution in [0.2, 0.25) is 0 Å². The first-order valence-electron chi connectivity index (χ1n) is 5.43. The minimum absolute atomic E-state index is 0.157. The molecule has 0 aliphatic carbocycles. The fraction of sp³-hybridized carbons (Fsp3) is 0.357. The van der Waals surface area contributed by atoms with Crippen molar-refractivity contribution < 1.29 is 14.6 Å². The van der Waals surface area contributed by atoms with Gasteiger partial charge in [0.25, 0.3) is 0 Å². The third kappa shape index (κ3) is 3.34. The molecule has 17 heavy (non-hydrogen) atoms. The average Bonchev–Trinajstić information content (AvgIpc) is 2.18. The first-order valence-corrected chi connectivity index (χ1v) is 5.43. The number of ether oxygens (including phenoxy) is 1. The van der Waals surface area contributed by atoms with E-state index < -0.39 is 5.97 Å². The Bertz CT molecular complexity index is 453. The molecule has 92 valence electrons. The van der Waals surface area contributed by atoms with Crippen molar-refractivity contribution in [1.82, 2.24) is 0 Å². The van der Waals surface area contributed by atoms with E-state index in [1.807, 2.05) is 20.8 Å². The summed E-state index contributed by atoms with van der Waals surface area (Å²) >= 11 is 0. The van der Waals surface area contributed by atoms with E-state index in [1.54, 1.807) is 19.1 Å². The number of hydrogen-bond acceptors (Lipinski definition) is 3. The molecule has 1 N–H and O–H groups in total. The third-order valence-electron chi connectivity index (χ3n) is 2.32. The van der Waals surface area contributed by atoms with Crippen molar-refractivity contribution in [1.29, 1.82) is 0 Å². The van der Waals surface area contributed by atoms with E-state index in [0.29, 0.717) is 11.3 Å². The van der Waals surface area contributed by atoms with E-state index in [4.69, 9.17) is 4.74 Å². The summed E-state index contributed by atoms with van der Waals surface area (Å²) in [5.74, 6) is 0.162. The number of phenols is 1. The van der Waals surface area contributed by atoms with Gasteiger partial charge in [-0.1, -0.05) is 27.4 Å². The lowest BCUT2D eigenvalue weighted by Crippen LogP contribution is -2.16. The van der Waals surface area contributed by atoms with Crippen LogP contribution in [0.25, 0.3) is 0 Å². The molecule has 0 aliphatic rings. The molecular weight excluding hydrogens is 216 g/mol. The fourth-order valence-corrected chi connectivity index (χ4v) is 1.38. The Kier molecular flexibility index (Phi) is 3.61. The molecule has 3 nitrogen and oxygen atoms in total. The first-order chi connectivity index (χ1) is 7.71. The van der Waals surface area contributed by atoms with Crippen LogP contribution >= 0.6 is 0 Å². The minimum atomic E-state index is -0.457. The monoisotopic (exact) mass is 234 g/mol. The van der Waals surface area contributed by atoms with Gasteiger partial charge in [-0.2, -0.15) is 0 Å². The van der Waals surface area contributed by atoms with Gasteiger partial charge in [-0.15, -0.1) is 0 Å². The van der Waals surface area contributed by atoms with Gasteiger partial charge in [-0.3, -0.25) is 0 Å². The van der Waals surface area contributed by atoms with Crippen molar-refractivity contribution in [2.75, 3.05) is 0 Å². The normalized spacial score (nSPS) is 11.1. The van der Waals surface area contributed by atoms with Crippen LogP contribution in [0.5, 0.6) is 11.5 Å². The first kappa shape index (κ1) is 13.3. The highest BCUT2D eigenvalue weighted by Gasteiger charge is 2.21. The molecule has 3 heteroatoms. The average molecular weight is 234 g/mol. The Morgan fingerprint density at radius 1 is 1.35 bits per heavy atom. The second-order valence-corrected chi connectivity index (χ2v) is 5.10. The summed E-state index contributed by atoms with van der Waals surface area (Å²) in [6.45, 7) is 11.1. The molecule has 1 aromatic carbocycles. The summed E-state index contributed by atoms with van der Waals surface area (Å²) in [5, 5.41) is 9.49. The van der Waals surface area contributed by atoms with E-state index >= 15 is 0 Å². The number of esters is 1. The number of hydrogen-bond donors (Lipinski definition) is 1. The van der Waals surface area contributed by atoms with E-state index in [1.165, 1.54) is 6.07 Å². The van der Waals surface area contributed by atoms with Crippen LogP contribution in [0, 0.1) is 0 Å². The number of rotatable bonds is 2. The molecule has 0 spiro atoms. The summed E-state index contributed by atoms with van der Waals surface area (Å²) in [5.41, 5.74) is 0.911. The summed E-state index contributed by atoms with van der Waals surface area (Å²) < 4.78 is 5.24. The van der Waals surface area contributed by atoms with Gasteiger partial charge in [0, 0.05) is 11.1 Å². The Morgan fingerprint density at radius 3 is 2.41 bits per heavy atom. The zero-order valence-electron chi connectivity index (χ0n) is 10.7. The van der Waals surface area contributed by atoms with Crippen molar-refractivity contribution >= 4 is 5.97 Å². The Hall–Kier alpha value is -1.77. The van der Waals surface area contributed by atoms with Gasteiger partial charge in [-0.25, -0.2) is 4.79 Å². The highest BCUT2D eigenvalue weighted by atomic mass is 16.5. The highest BCUT2D eigenvalue weighted by Crippen LogP contribution is 2.34. The van der Waals surface area contributed by atoms with Crippen molar-refractivity contribution in [3.05, 3.63) is 35.9 Å². The molecule has 0 saturated heterocycles. The van der Waals surface area contributed by atoms with Crippen LogP contribution in [-0.4, -0.2) is 11.1 Å². The van der Waals surface area contributed by atoms with Crippen molar-refractivity contribution in [3.8, 4) is 11.5 Å². The van der Waals surface area contributed by atoms with Gasteiger partial charge in [0.15, 0.2) is 0 Å². The Labute approximate surface area is 102 Å². The van der Waals surface area contributed by atoms with E-state index in [-0.39, 0.29) is 11.2 Å². The number of aromatic hydroxyl groups is 1. The molecular formula is C14H18O3. The van der Waals surface area contributed by atoms with Crippen LogP contribution < -0.4 is 4.74 Å². The van der Waals surface area contributed by atoms with E-state index in [9.17, 15) is 9.90 Å². The molecule has 0 radical (unpaired) electrons. The SMILES string of the molecule is C=C(C)C(=O)Oc1ccc(O)cc1C(C)(C)C. The topological polar surface area (TPSA) is 46.5 Å². The lowest BCUT2D eigenvalue weighted by atomic mass is 9.86. The molecule has 0 heterocycles. The highest BCUT2D eigenvalue weighted by molar-refractivity contribution is 5.89. The molecule has 0 aromatic heterocycles. The van der Waals surface area contributed by atoms with Crippen molar-refractivity contribution in [3.63, 3.8) is 0 Å². The van der Waals surface area contributed by atoms with Gasteiger partial charge < -0.3 is 9.84 Å². The van der Waals surface area contributed by atoms with Gasteiger partial charge in [0.1, 0.15) is 11.5 Å². The van der Waals surface area contributed by atoms with Gasteiger partial charge in [0.2, 0.25) is 0 Å². The minimum Gasteiger partial charge on any atom is -0.508 e. The molecule has 0 aliphatic heterocycles. The van der Waals surface area contributed by atoms with Crippen LogP contribution in [0.1, 0.15) is 33.3 Å². The van der Waals surface area contributed by atoms with Gasteiger partial charge in [0.05, 0.1) is 0 Å². The zero-order valence-corrected chi connectivity index (χ0v) is 10.7. The molecule has 0 fully saturated rings. The molecule has 0 unspecified atom stereocenters. The fourth-order valence-electron chi connectivity index (χ4n) is 1.38. The quantitative estimate of drug-likeness (QED) is 0.485. The zero-order chi connectivity index (χ0) is 13.2. The summed E-state index contributed by atoms with van der Waals surface area (Å²) in [6, 6.07) is 4.70. The number of carbonyl (C=O) groups is 1. The van der Waals surface area contributed by atoms with Crippen molar-refractivity contribution in [2.45, 2.75) is 33.1 Å². The Morgan fingerprint density at radius 2 is 1.94 bits per heavy atom. The smallest absolute Gasteiger partial charge is 0.338 e. The second-order valence-electron chi connectivity index (χ2n) is 5.10. The second kappa shape index (κ2) is 4.62. The van der Waals surface area contributed by atoms with Crippen molar-refractivity contribution in [2.24, 2.45) is 0 Å². The Balaban J connectivity index is 3.16. The molecule has 0 atom stereocenters. The molecule has 1 aromatic rings. The number of phenolic OH excluding ortho intramolecular Hbond substituents is 1. The predicted octanol–water partition coefficient (Wildman–Crippen LogP) is 3.17. The maximum Gasteiger partial charge on any atom is 0.338 e. The predicted molar refractivity (Wildman–Crippen MR) is 67.3 cm³/mol.